The van der Waals surface area contributed by atoms with Crippen LogP contribution in [0.5, 0.6) is 23.0 Å². The summed E-state index contributed by atoms with van der Waals surface area (Å²) in [6.07, 6.45) is -70.5. The molecule has 3 aromatic carbocycles. The van der Waals surface area contributed by atoms with Gasteiger partial charge < -0.3 is 224 Å². The van der Waals surface area contributed by atoms with Crippen LogP contribution in [0.2, 0.25) is 0 Å². The van der Waals surface area contributed by atoms with E-state index in [4.69, 9.17) is 90.0 Å². The van der Waals surface area contributed by atoms with Gasteiger partial charge in [-0.1, -0.05) is 49.4 Å². The maximum atomic E-state index is 14.6. The van der Waals surface area contributed by atoms with Gasteiger partial charge in [-0.2, -0.15) is 0 Å². The van der Waals surface area contributed by atoms with Gasteiger partial charge in [0.25, 0.3) is 11.8 Å². The van der Waals surface area contributed by atoms with E-state index in [1.54, 1.807) is 68.5 Å². The van der Waals surface area contributed by atoms with E-state index in [1.165, 1.54) is 54.5 Å². The molecule has 0 saturated carbocycles. The number of aliphatic hydroxyl groups excluding tert-OH is 20. The average molecular weight is 2140 g/mol. The summed E-state index contributed by atoms with van der Waals surface area (Å²) in [5, 5.41) is 255. The quantitative estimate of drug-likeness (QED) is 0.0153. The van der Waals surface area contributed by atoms with Crippen LogP contribution in [0.25, 0.3) is 12.2 Å². The number of nitrogens with one attached hydrogen (secondary N) is 7. The average Bonchev–Trinajstić information content (AvgIpc) is 0.970. The number of anilines is 2. The Bertz CT molecular complexity index is 5170. The normalized spacial score (nSPS) is 35.2. The van der Waals surface area contributed by atoms with E-state index in [0.29, 0.717) is 44.7 Å². The molecular weight excluding hydrogens is 2010 g/mol. The molecule has 27 N–H and O–H groups in total. The van der Waals surface area contributed by atoms with Crippen LogP contribution >= 0.6 is 0 Å². The standard InChI is InChI=1S/C92H129N11O47/c1-35(2)58(84(130)95-36(3)81(127)96-40-14-11-38(12-15-40)34-136-92(131)98-43-21-37(13-17-45(43)132-5)9-10-39-22-46(133-6)73(135-8)47(23-39)134-7)99-55(110)18-16-42(97-83(129)44(25-93-4)103-56(111)19-20-57(103)112)82(128)94-24-41-26-102(101-100-41)27-48-74-59(113)66(120)85(137-48)145-75-49(28-104)139-87(68(122)61(75)115)147-77-51(30-106)141-89(70(124)63(77)117)149-79-53(32-108)143-91(72(126)65(79)119)150-80-54(33-109)142-90(71(125)64(80)118)148-78-52(31-107)140-88(69(123)62(78)116)146-76-50(29-105)138-86(144-74)67(121)60(76)114/h9-15,17,19-23,26,35-36,42,44,48-54,58-72,74-80,85-91,93,104-109,113-126H,16,18,24-25,27-34H2,1-8H3,(H,94,128)(H,95,130)(H,96,127)(H,97,129)(H,98,131)(H,99,110)/b10-9-/t36-,42-,44-,48?,49?,50?,51?,52?,53?,54?,58-,59?,60?,61?,62?,63?,64?,65?,66?,67?,68?,69?,70?,71?,72?,74?,75?,76?,77?,78?,79?,80?,85?,86?,87?,88?,89?,90?,91?/m0/s1. The van der Waals surface area contributed by atoms with Crippen LogP contribution in [0.4, 0.5) is 16.2 Å². The van der Waals surface area contributed by atoms with Crippen molar-refractivity contribution in [3.63, 3.8) is 0 Å². The molecule has 39 atom stereocenters. The monoisotopic (exact) mass is 2140 g/mol. The van der Waals surface area contributed by atoms with Crippen molar-refractivity contribution in [1.82, 2.24) is 46.5 Å². The van der Waals surface area contributed by atoms with Gasteiger partial charge in [-0.05, 0) is 79.4 Å². The first-order chi connectivity index (χ1) is 71.6. The number of hydrogen-bond acceptors (Lipinski definition) is 50. The number of ether oxygens (including phenoxy) is 19. The van der Waals surface area contributed by atoms with Gasteiger partial charge in [0.1, 0.15) is 213 Å². The summed E-state index contributed by atoms with van der Waals surface area (Å²) in [5.74, 6) is -5.32. The zero-order valence-corrected chi connectivity index (χ0v) is 81.9. The Morgan fingerprint density at radius 2 is 0.827 bits per heavy atom. The predicted molar refractivity (Wildman–Crippen MR) is 494 cm³/mol. The number of carbonyl (C=O) groups is 8. The highest BCUT2D eigenvalue weighted by molar-refractivity contribution is 6.15. The van der Waals surface area contributed by atoms with E-state index < -0.39 is 358 Å². The third-order valence-corrected chi connectivity index (χ3v) is 26.4. The highest BCUT2D eigenvalue weighted by Gasteiger charge is 2.61. The highest BCUT2D eigenvalue weighted by atomic mass is 16.8. The van der Waals surface area contributed by atoms with Crippen LogP contribution in [-0.2, 0) is 124 Å². The SMILES string of the molecule is CNC[C@@H](C(=O)N[C@@H](CCC(=O)N[C@H](C(=O)N[C@@H](C)C(=O)Nc1ccc(COC(=O)Nc2cc(/C=C\c3cc(OC)c(OC)c(OC)c3)ccc2OC)cc1)C(C)C)C(=O)NCc1cn(CC2OC3OC4C(CO)OC(OC5C(CO)OC(OC6C(CO)OC(OC7C(CO)OC(OC8C(CO)OC(OC9C(CO)OC(OC2C(O)C3O)C(O)C9O)C(O)C8O)C(O)C7O)C(O)C6O)C(O)C5O)C(O)C4O)nn1)N1C(=O)C=CC1=O. The molecule has 1 aromatic heterocycles. The summed E-state index contributed by atoms with van der Waals surface area (Å²) in [4.78, 5) is 111. The van der Waals surface area contributed by atoms with E-state index in [1.807, 2.05) is 0 Å². The van der Waals surface area contributed by atoms with Crippen molar-refractivity contribution in [3.8, 4) is 23.0 Å². The van der Waals surface area contributed by atoms with Crippen molar-refractivity contribution in [3.05, 3.63) is 95.3 Å². The minimum absolute atomic E-state index is 0.150. The highest BCUT2D eigenvalue weighted by Crippen LogP contribution is 2.43. The lowest BCUT2D eigenvalue weighted by atomic mass is 9.95. The number of amides is 8. The Balaban J connectivity index is 0.689. The first-order valence-electron chi connectivity index (χ1n) is 47.8. The van der Waals surface area contributed by atoms with E-state index >= 15 is 0 Å². The summed E-state index contributed by atoms with van der Waals surface area (Å²) < 4.78 is 111. The summed E-state index contributed by atoms with van der Waals surface area (Å²) >= 11 is 0. The van der Waals surface area contributed by atoms with Crippen LogP contribution < -0.4 is 56.2 Å². The number of nitrogens with zero attached hydrogens (tertiary/aromatic N) is 4. The second-order valence-electron chi connectivity index (χ2n) is 36.8. The van der Waals surface area contributed by atoms with Crippen molar-refractivity contribution < 1.29 is 230 Å². The number of imide groups is 1. The molecule has 58 nitrogen and oxygen atoms in total. The van der Waals surface area contributed by atoms with Crippen molar-refractivity contribution in [2.45, 2.75) is 292 Å². The van der Waals surface area contributed by atoms with Gasteiger partial charge in [0.2, 0.25) is 35.3 Å². The Morgan fingerprint density at radius 1 is 0.433 bits per heavy atom. The molecule has 8 amide bonds. The fraction of sp³-hybridized carbons (Fsp3) is 0.652. The van der Waals surface area contributed by atoms with Crippen LogP contribution in [0, 0.1) is 5.92 Å². The fourth-order valence-corrected chi connectivity index (χ4v) is 18.1. The fourth-order valence-electron chi connectivity index (χ4n) is 18.1. The Hall–Kier alpha value is -10.2. The first-order valence-corrected chi connectivity index (χ1v) is 47.8. The Kier molecular flexibility index (Phi) is 41.0. The maximum Gasteiger partial charge on any atom is 0.412 e. The largest absolute Gasteiger partial charge is 0.495 e. The van der Waals surface area contributed by atoms with Gasteiger partial charge in [-0.15, -0.1) is 5.10 Å². The smallest absolute Gasteiger partial charge is 0.412 e. The third kappa shape index (κ3) is 26.9. The molecule has 150 heavy (non-hydrogen) atoms. The molecule has 0 spiro atoms. The van der Waals surface area contributed by atoms with Crippen molar-refractivity contribution in [2.75, 3.05) is 92.3 Å². The summed E-state index contributed by atoms with van der Waals surface area (Å²) in [5.41, 5.74) is 2.33. The molecule has 14 bridgehead atoms. The molecule has 23 heterocycles. The van der Waals surface area contributed by atoms with Crippen LogP contribution in [0.1, 0.15) is 56.0 Å². The molecule has 58 heteroatoms. The topological polar surface area (TPSA) is 835 Å². The molecule has 26 rings (SSSR count). The van der Waals surface area contributed by atoms with Crippen molar-refractivity contribution in [2.24, 2.45) is 5.92 Å². The van der Waals surface area contributed by atoms with Gasteiger partial charge >= 0.3 is 6.09 Å². The van der Waals surface area contributed by atoms with E-state index in [-0.39, 0.29) is 24.5 Å². The molecule has 21 saturated heterocycles. The molecule has 0 aliphatic carbocycles. The summed E-state index contributed by atoms with van der Waals surface area (Å²) in [6, 6.07) is 8.88. The van der Waals surface area contributed by atoms with Crippen LogP contribution in [0.3, 0.4) is 0 Å². The van der Waals surface area contributed by atoms with E-state index in [0.717, 1.165) is 28.6 Å². The summed E-state index contributed by atoms with van der Waals surface area (Å²) in [7, 11) is 7.32. The number of likely N-dealkylation sites (N-methyl/N-ethyl adjacent to an activating group) is 1. The number of carbonyl (C=O) groups excluding carboxylic acids is 8. The number of rotatable bonds is 34. The van der Waals surface area contributed by atoms with E-state index in [9.17, 15) is 140 Å². The van der Waals surface area contributed by atoms with Crippen LogP contribution in [-0.4, -0.2) is 490 Å². The zero-order chi connectivity index (χ0) is 109. The molecule has 35 unspecified atom stereocenters. The molecule has 0 radical (unpaired) electrons. The molecule has 21 fully saturated rings. The number of aliphatic hydroxyl groups is 20. The van der Waals surface area contributed by atoms with Gasteiger partial charge in [0.05, 0.1) is 93.1 Å². The van der Waals surface area contributed by atoms with Gasteiger partial charge in [-0.3, -0.25) is 43.8 Å². The predicted octanol–water partition coefficient (Wildman–Crippen LogP) is -12.3. The molecule has 22 aliphatic rings. The molecule has 834 valence electrons. The lowest BCUT2D eigenvalue weighted by Gasteiger charge is -2.50. The Labute approximate surface area is 853 Å². The minimum Gasteiger partial charge on any atom is -0.495 e. The van der Waals surface area contributed by atoms with Crippen molar-refractivity contribution in [1.29, 1.82) is 0 Å². The lowest BCUT2D eigenvalue weighted by Crippen LogP contribution is -2.68. The zero-order valence-electron chi connectivity index (χ0n) is 81.9. The summed E-state index contributed by atoms with van der Waals surface area (Å²) in [6.45, 7) is -4.27. The second-order valence-corrected chi connectivity index (χ2v) is 36.8. The Morgan fingerprint density at radius 3 is 1.21 bits per heavy atom. The molecular formula is C92H129N11O47. The molecule has 22 aliphatic heterocycles. The van der Waals surface area contributed by atoms with Gasteiger partial charge in [0.15, 0.2) is 55.5 Å². The first kappa shape index (κ1) is 117. The minimum atomic E-state index is -2.42. The lowest BCUT2D eigenvalue weighted by molar-refractivity contribution is -0.396. The van der Waals surface area contributed by atoms with Gasteiger partial charge in [-0.25, -0.2) is 9.48 Å². The van der Waals surface area contributed by atoms with Crippen molar-refractivity contribution >= 4 is 71.0 Å². The maximum absolute atomic E-state index is 14.6. The number of methoxy groups -OCH3 is 4. The van der Waals surface area contributed by atoms with Gasteiger partial charge in [0, 0.05) is 30.8 Å². The number of hydrogen-bond donors (Lipinski definition) is 27. The second kappa shape index (κ2) is 52.6. The molecule has 4 aromatic rings. The number of benzene rings is 3. The van der Waals surface area contributed by atoms with E-state index in [2.05, 4.69) is 47.5 Å². The number of aromatic nitrogens is 3. The van der Waals surface area contributed by atoms with Crippen LogP contribution in [0.15, 0.2) is 72.9 Å². The third-order valence-electron chi connectivity index (χ3n) is 26.4.